The summed E-state index contributed by atoms with van der Waals surface area (Å²) in [4.78, 5) is 9.01. The predicted molar refractivity (Wildman–Crippen MR) is 86.7 cm³/mol. The van der Waals surface area contributed by atoms with Crippen LogP contribution in [-0.2, 0) is 6.42 Å². The molecule has 2 unspecified atom stereocenters. The molecule has 2 atom stereocenters. The third-order valence-corrected chi connectivity index (χ3v) is 5.99. The molecule has 0 radical (unpaired) electrons. The third kappa shape index (κ3) is 2.86. The molecule has 1 saturated heterocycles. The molecule has 1 fully saturated rings. The van der Waals surface area contributed by atoms with Crippen LogP contribution in [0.1, 0.15) is 62.6 Å². The van der Waals surface area contributed by atoms with E-state index in [1.807, 2.05) is 11.3 Å². The highest BCUT2D eigenvalue weighted by atomic mass is 32.1. The second kappa shape index (κ2) is 6.44. The maximum absolute atomic E-state index is 4.96. The van der Waals surface area contributed by atoms with Crippen molar-refractivity contribution in [3.63, 3.8) is 0 Å². The quantitative estimate of drug-likeness (QED) is 0.896. The van der Waals surface area contributed by atoms with Crippen molar-refractivity contribution < 1.29 is 0 Å². The van der Waals surface area contributed by atoms with E-state index >= 15 is 0 Å². The number of nitrogens with one attached hydrogen (secondary N) is 1. The van der Waals surface area contributed by atoms with E-state index in [9.17, 15) is 0 Å². The van der Waals surface area contributed by atoms with Crippen LogP contribution in [0.2, 0.25) is 0 Å². The van der Waals surface area contributed by atoms with Crippen LogP contribution in [0.5, 0.6) is 0 Å². The maximum Gasteiger partial charge on any atom is 0.185 e. The summed E-state index contributed by atoms with van der Waals surface area (Å²) in [7, 11) is 0. The second-order valence-electron chi connectivity index (χ2n) is 6.22. The van der Waals surface area contributed by atoms with Gasteiger partial charge in [-0.15, -0.1) is 0 Å². The van der Waals surface area contributed by atoms with Gasteiger partial charge in [0.25, 0.3) is 0 Å². The molecule has 1 aromatic rings. The van der Waals surface area contributed by atoms with Gasteiger partial charge in [-0.1, -0.05) is 31.6 Å². The summed E-state index contributed by atoms with van der Waals surface area (Å²) in [5, 5.41) is 4.99. The van der Waals surface area contributed by atoms with Gasteiger partial charge in [0.15, 0.2) is 5.13 Å². The zero-order valence-corrected chi connectivity index (χ0v) is 13.6. The Bertz CT molecular complexity index is 443. The molecule has 4 heteroatoms. The summed E-state index contributed by atoms with van der Waals surface area (Å²) in [5.41, 5.74) is 1.38. The monoisotopic (exact) mass is 293 g/mol. The Morgan fingerprint density at radius 1 is 1.35 bits per heavy atom. The van der Waals surface area contributed by atoms with Crippen LogP contribution in [0.4, 0.5) is 5.13 Å². The minimum Gasteiger partial charge on any atom is -0.348 e. The molecular weight excluding hydrogens is 266 g/mol. The molecule has 1 aliphatic heterocycles. The van der Waals surface area contributed by atoms with Gasteiger partial charge in [0.2, 0.25) is 0 Å². The lowest BCUT2D eigenvalue weighted by Gasteiger charge is -2.22. The summed E-state index contributed by atoms with van der Waals surface area (Å²) in [6.07, 6.45) is 7.62. The van der Waals surface area contributed by atoms with E-state index in [0.29, 0.717) is 6.04 Å². The summed E-state index contributed by atoms with van der Waals surface area (Å²) in [6, 6.07) is 0.564. The summed E-state index contributed by atoms with van der Waals surface area (Å²) < 4.78 is 0. The first kappa shape index (κ1) is 14.3. The molecule has 0 saturated carbocycles. The Morgan fingerprint density at radius 3 is 3.00 bits per heavy atom. The Hall–Kier alpha value is -0.610. The first-order valence-corrected chi connectivity index (χ1v) is 9.11. The number of thiazole rings is 1. The largest absolute Gasteiger partial charge is 0.348 e. The fraction of sp³-hybridized carbons (Fsp3) is 0.812. The van der Waals surface area contributed by atoms with E-state index in [-0.39, 0.29) is 0 Å². The van der Waals surface area contributed by atoms with E-state index < -0.39 is 0 Å². The number of hydrogen-bond donors (Lipinski definition) is 1. The molecule has 0 amide bonds. The fourth-order valence-corrected chi connectivity index (χ4v) is 4.65. The first-order valence-electron chi connectivity index (χ1n) is 8.29. The highest BCUT2D eigenvalue weighted by molar-refractivity contribution is 7.15. The molecule has 0 aromatic carbocycles. The van der Waals surface area contributed by atoms with Crippen LogP contribution in [0.3, 0.4) is 0 Å². The second-order valence-corrected chi connectivity index (χ2v) is 7.22. The van der Waals surface area contributed by atoms with Gasteiger partial charge in [0.05, 0.1) is 5.69 Å². The van der Waals surface area contributed by atoms with Crippen LogP contribution in [-0.4, -0.2) is 24.6 Å². The number of rotatable bonds is 5. The van der Waals surface area contributed by atoms with Gasteiger partial charge < -0.3 is 10.2 Å². The van der Waals surface area contributed by atoms with Gasteiger partial charge >= 0.3 is 0 Å². The van der Waals surface area contributed by atoms with Gasteiger partial charge in [-0.05, 0) is 44.6 Å². The van der Waals surface area contributed by atoms with E-state index in [2.05, 4.69) is 24.1 Å². The lowest BCUT2D eigenvalue weighted by molar-refractivity contribution is 0.464. The van der Waals surface area contributed by atoms with Gasteiger partial charge in [-0.25, -0.2) is 4.98 Å². The van der Waals surface area contributed by atoms with E-state index in [1.165, 1.54) is 67.3 Å². The Labute approximate surface area is 126 Å². The molecule has 1 aliphatic carbocycles. The maximum atomic E-state index is 4.96. The SMILES string of the molecule is CCCNC1CCCc2nc(N3CCC(CC)C3)sc21. The number of nitrogens with zero attached hydrogens (tertiary/aromatic N) is 2. The molecule has 1 N–H and O–H groups in total. The fourth-order valence-electron chi connectivity index (χ4n) is 3.39. The zero-order valence-electron chi connectivity index (χ0n) is 12.8. The number of aryl methyl sites for hydroxylation is 1. The van der Waals surface area contributed by atoms with Crippen LogP contribution < -0.4 is 10.2 Å². The Morgan fingerprint density at radius 2 is 2.25 bits per heavy atom. The predicted octanol–water partition coefficient (Wildman–Crippen LogP) is 3.76. The lowest BCUT2D eigenvalue weighted by Crippen LogP contribution is -2.24. The third-order valence-electron chi connectivity index (χ3n) is 4.71. The van der Waals surface area contributed by atoms with Crippen LogP contribution in [0.25, 0.3) is 0 Å². The molecule has 2 aliphatic rings. The van der Waals surface area contributed by atoms with Crippen molar-refractivity contribution in [3.8, 4) is 0 Å². The van der Waals surface area contributed by atoms with Crippen molar-refractivity contribution >= 4 is 16.5 Å². The van der Waals surface area contributed by atoms with Gasteiger partial charge in [0, 0.05) is 24.0 Å². The minimum absolute atomic E-state index is 0.564. The van der Waals surface area contributed by atoms with Crippen molar-refractivity contribution in [1.82, 2.24) is 10.3 Å². The smallest absolute Gasteiger partial charge is 0.185 e. The Kier molecular flexibility index (Phi) is 4.61. The zero-order chi connectivity index (χ0) is 13.9. The first-order chi connectivity index (χ1) is 9.81. The standard InChI is InChI=1S/C16H27N3S/c1-3-9-17-13-6-5-7-14-15(13)20-16(18-14)19-10-8-12(4-2)11-19/h12-13,17H,3-11H2,1-2H3. The van der Waals surface area contributed by atoms with E-state index in [0.717, 1.165) is 12.5 Å². The van der Waals surface area contributed by atoms with E-state index in [4.69, 9.17) is 4.98 Å². The van der Waals surface area contributed by atoms with Crippen molar-refractivity contribution in [1.29, 1.82) is 0 Å². The Balaban J connectivity index is 1.74. The van der Waals surface area contributed by atoms with E-state index in [1.54, 1.807) is 0 Å². The molecule has 3 rings (SSSR count). The average molecular weight is 293 g/mol. The van der Waals surface area contributed by atoms with Gasteiger partial charge in [0.1, 0.15) is 0 Å². The number of aromatic nitrogens is 1. The topological polar surface area (TPSA) is 28.2 Å². The molecule has 20 heavy (non-hydrogen) atoms. The summed E-state index contributed by atoms with van der Waals surface area (Å²) in [5.74, 6) is 0.880. The summed E-state index contributed by atoms with van der Waals surface area (Å²) in [6.45, 7) is 8.10. The molecule has 0 spiro atoms. The van der Waals surface area contributed by atoms with Crippen LogP contribution in [0.15, 0.2) is 0 Å². The van der Waals surface area contributed by atoms with Crippen molar-refractivity contribution in [2.75, 3.05) is 24.5 Å². The normalized spacial score (nSPS) is 26.0. The molecule has 1 aromatic heterocycles. The summed E-state index contributed by atoms with van der Waals surface area (Å²) >= 11 is 1.96. The van der Waals surface area contributed by atoms with Gasteiger partial charge in [-0.3, -0.25) is 0 Å². The number of anilines is 1. The molecule has 3 nitrogen and oxygen atoms in total. The van der Waals surface area contributed by atoms with Crippen molar-refractivity contribution in [2.24, 2.45) is 5.92 Å². The van der Waals surface area contributed by atoms with Crippen LogP contribution >= 0.6 is 11.3 Å². The average Bonchev–Trinajstić information content (AvgIpc) is 3.10. The lowest BCUT2D eigenvalue weighted by atomic mass is 9.98. The highest BCUT2D eigenvalue weighted by Gasteiger charge is 2.28. The molecule has 112 valence electrons. The molecule has 2 heterocycles. The van der Waals surface area contributed by atoms with Crippen molar-refractivity contribution in [3.05, 3.63) is 10.6 Å². The van der Waals surface area contributed by atoms with Crippen molar-refractivity contribution in [2.45, 2.75) is 58.4 Å². The van der Waals surface area contributed by atoms with Crippen LogP contribution in [0, 0.1) is 5.92 Å². The molecule has 0 bridgehead atoms. The minimum atomic E-state index is 0.564. The molecular formula is C16H27N3S. The highest BCUT2D eigenvalue weighted by Crippen LogP contribution is 2.39. The number of fused-ring (bicyclic) bond motifs is 1. The van der Waals surface area contributed by atoms with Gasteiger partial charge in [-0.2, -0.15) is 0 Å². The number of hydrogen-bond acceptors (Lipinski definition) is 4.